The van der Waals surface area contributed by atoms with Crippen LogP contribution in [0.4, 0.5) is 0 Å². The van der Waals surface area contributed by atoms with E-state index < -0.39 is 12.2 Å². The van der Waals surface area contributed by atoms with Crippen molar-refractivity contribution in [1.29, 1.82) is 5.26 Å². The first-order chi connectivity index (χ1) is 5.74. The zero-order valence-corrected chi connectivity index (χ0v) is 6.85. The van der Waals surface area contributed by atoms with E-state index in [1.807, 2.05) is 0 Å². The van der Waals surface area contributed by atoms with Crippen molar-refractivity contribution in [3.05, 3.63) is 0 Å². The van der Waals surface area contributed by atoms with Gasteiger partial charge in [0.15, 0.2) is 0 Å². The van der Waals surface area contributed by atoms with Crippen molar-refractivity contribution >= 4 is 0 Å². The van der Waals surface area contributed by atoms with Crippen LogP contribution in [0.5, 0.6) is 0 Å². The fourth-order valence-electron chi connectivity index (χ4n) is 2.63. The average molecular weight is 167 g/mol. The summed E-state index contributed by atoms with van der Waals surface area (Å²) in [5.74, 6) is 0.159. The van der Waals surface area contributed by atoms with Crippen LogP contribution in [-0.4, -0.2) is 22.4 Å². The number of hydrogen-bond acceptors (Lipinski definition) is 3. The quantitative estimate of drug-likeness (QED) is 0.544. The summed E-state index contributed by atoms with van der Waals surface area (Å²) in [6, 6.07) is 2.22. The third-order valence-corrected chi connectivity index (χ3v) is 3.38. The Morgan fingerprint density at radius 1 is 1.17 bits per heavy atom. The fraction of sp³-hybridized carbons (Fsp3) is 0.889. The van der Waals surface area contributed by atoms with E-state index in [1.54, 1.807) is 0 Å². The molecule has 0 heterocycles. The monoisotopic (exact) mass is 167 g/mol. The van der Waals surface area contributed by atoms with Gasteiger partial charge in [-0.3, -0.25) is 0 Å². The lowest BCUT2D eigenvalue weighted by molar-refractivity contribution is -0.122. The van der Waals surface area contributed by atoms with Crippen LogP contribution in [0.15, 0.2) is 0 Å². The maximum Gasteiger partial charge on any atom is 0.0842 e. The van der Waals surface area contributed by atoms with Crippen LogP contribution in [0.1, 0.15) is 19.3 Å². The molecule has 3 rings (SSSR count). The van der Waals surface area contributed by atoms with Crippen molar-refractivity contribution < 1.29 is 10.2 Å². The van der Waals surface area contributed by atoms with Crippen LogP contribution in [0.25, 0.3) is 0 Å². The fourth-order valence-corrected chi connectivity index (χ4v) is 2.63. The Morgan fingerprint density at radius 2 is 1.92 bits per heavy atom. The van der Waals surface area contributed by atoms with Crippen LogP contribution in [-0.2, 0) is 0 Å². The Balaban J connectivity index is 2.19. The maximum absolute atomic E-state index is 9.57. The van der Waals surface area contributed by atoms with Gasteiger partial charge in [-0.15, -0.1) is 0 Å². The third-order valence-electron chi connectivity index (χ3n) is 3.38. The molecule has 2 bridgehead atoms. The van der Waals surface area contributed by atoms with Gasteiger partial charge < -0.3 is 10.2 Å². The van der Waals surface area contributed by atoms with Crippen molar-refractivity contribution in [1.82, 2.24) is 0 Å². The van der Waals surface area contributed by atoms with Crippen LogP contribution in [0, 0.1) is 29.1 Å². The van der Waals surface area contributed by atoms with E-state index in [1.165, 1.54) is 0 Å². The largest absolute Gasteiger partial charge is 0.390 e. The average Bonchev–Trinajstić information content (AvgIpc) is 2.12. The highest BCUT2D eigenvalue weighted by Crippen LogP contribution is 2.44. The number of nitriles is 1. The Kier molecular flexibility index (Phi) is 1.82. The van der Waals surface area contributed by atoms with Crippen molar-refractivity contribution in [2.75, 3.05) is 0 Å². The molecule has 3 aliphatic rings. The van der Waals surface area contributed by atoms with Crippen LogP contribution in [0.3, 0.4) is 0 Å². The Labute approximate surface area is 71.6 Å². The van der Waals surface area contributed by atoms with Crippen molar-refractivity contribution in [3.63, 3.8) is 0 Å². The van der Waals surface area contributed by atoms with Gasteiger partial charge in [-0.1, -0.05) is 0 Å². The van der Waals surface area contributed by atoms with Crippen LogP contribution >= 0.6 is 0 Å². The molecular weight excluding hydrogens is 154 g/mol. The Bertz CT molecular complexity index is 221. The number of aliphatic hydroxyl groups excluding tert-OH is 2. The minimum Gasteiger partial charge on any atom is -0.390 e. The summed E-state index contributed by atoms with van der Waals surface area (Å²) in [4.78, 5) is 0. The second-order valence-electron chi connectivity index (χ2n) is 3.95. The van der Waals surface area contributed by atoms with Gasteiger partial charge in [0.1, 0.15) is 0 Å². The summed E-state index contributed by atoms with van der Waals surface area (Å²) in [7, 11) is 0. The molecule has 3 heteroatoms. The van der Waals surface area contributed by atoms with Crippen LogP contribution < -0.4 is 0 Å². The number of aliphatic hydroxyl groups is 2. The summed E-state index contributed by atoms with van der Waals surface area (Å²) in [6.45, 7) is 0. The zero-order valence-electron chi connectivity index (χ0n) is 6.85. The normalized spacial score (nSPS) is 51.9. The minimum absolute atomic E-state index is 0.0231. The van der Waals surface area contributed by atoms with E-state index in [0.29, 0.717) is 0 Å². The van der Waals surface area contributed by atoms with Gasteiger partial charge in [-0.05, 0) is 25.2 Å². The first-order valence-electron chi connectivity index (χ1n) is 4.50. The second-order valence-corrected chi connectivity index (χ2v) is 3.95. The SMILES string of the molecule is N#C[C@@H]1C[C@@H]2CC[C@H]1[C@H](O)[C@@H]2O. The summed E-state index contributed by atoms with van der Waals surface area (Å²) >= 11 is 0. The second kappa shape index (κ2) is 2.72. The van der Waals surface area contributed by atoms with E-state index in [4.69, 9.17) is 5.26 Å². The maximum atomic E-state index is 9.57. The highest BCUT2D eigenvalue weighted by Gasteiger charge is 2.47. The smallest absolute Gasteiger partial charge is 0.0842 e. The third kappa shape index (κ3) is 0.954. The Hall–Kier alpha value is -0.590. The van der Waals surface area contributed by atoms with E-state index in [0.717, 1.165) is 19.3 Å². The molecule has 3 fully saturated rings. The number of rotatable bonds is 0. The topological polar surface area (TPSA) is 64.2 Å². The molecule has 0 amide bonds. The zero-order chi connectivity index (χ0) is 8.72. The van der Waals surface area contributed by atoms with Crippen molar-refractivity contribution in [2.45, 2.75) is 31.5 Å². The molecule has 12 heavy (non-hydrogen) atoms. The molecule has 0 aliphatic heterocycles. The van der Waals surface area contributed by atoms with E-state index in [-0.39, 0.29) is 17.8 Å². The van der Waals surface area contributed by atoms with E-state index in [2.05, 4.69) is 6.07 Å². The summed E-state index contributed by atoms with van der Waals surface area (Å²) in [5, 5.41) is 27.9. The van der Waals surface area contributed by atoms with Gasteiger partial charge in [0.25, 0.3) is 0 Å². The molecule has 3 saturated carbocycles. The number of fused-ring (bicyclic) bond motifs is 3. The predicted octanol–water partition coefficient (Wildman–Crippen LogP) is 0.278. The molecule has 0 aromatic carbocycles. The molecule has 66 valence electrons. The number of hydrogen-bond donors (Lipinski definition) is 2. The molecule has 0 radical (unpaired) electrons. The predicted molar refractivity (Wildman–Crippen MR) is 41.9 cm³/mol. The van der Waals surface area contributed by atoms with Gasteiger partial charge in [0.2, 0.25) is 0 Å². The van der Waals surface area contributed by atoms with Crippen LogP contribution in [0.2, 0.25) is 0 Å². The molecule has 2 N–H and O–H groups in total. The lowest BCUT2D eigenvalue weighted by Gasteiger charge is -2.46. The van der Waals surface area contributed by atoms with E-state index >= 15 is 0 Å². The first-order valence-corrected chi connectivity index (χ1v) is 4.50. The van der Waals surface area contributed by atoms with E-state index in [9.17, 15) is 10.2 Å². The molecular formula is C9H13NO2. The molecule has 0 unspecified atom stereocenters. The van der Waals surface area contributed by atoms with Gasteiger partial charge in [0, 0.05) is 5.92 Å². The minimum atomic E-state index is -0.651. The highest BCUT2D eigenvalue weighted by atomic mass is 16.3. The van der Waals surface area contributed by atoms with Gasteiger partial charge >= 0.3 is 0 Å². The lowest BCUT2D eigenvalue weighted by atomic mass is 9.62. The first kappa shape index (κ1) is 8.03. The lowest BCUT2D eigenvalue weighted by Crippen LogP contribution is -2.51. The Morgan fingerprint density at radius 3 is 2.50 bits per heavy atom. The van der Waals surface area contributed by atoms with Gasteiger partial charge in [0.05, 0.1) is 24.2 Å². The van der Waals surface area contributed by atoms with Gasteiger partial charge in [-0.25, -0.2) is 0 Å². The van der Waals surface area contributed by atoms with Gasteiger partial charge in [-0.2, -0.15) is 5.26 Å². The summed E-state index contributed by atoms with van der Waals surface area (Å²) in [6.07, 6.45) is 1.43. The molecule has 5 atom stereocenters. The molecule has 0 spiro atoms. The number of nitrogens with zero attached hydrogens (tertiary/aromatic N) is 1. The highest BCUT2D eigenvalue weighted by molar-refractivity contribution is 5.04. The van der Waals surface area contributed by atoms with Crippen molar-refractivity contribution in [3.8, 4) is 6.07 Å². The molecule has 0 aromatic rings. The summed E-state index contributed by atoms with van der Waals surface area (Å²) in [5.41, 5.74) is 0. The molecule has 3 aliphatic carbocycles. The molecule has 3 nitrogen and oxygen atoms in total. The standard InChI is InChI=1S/C9H13NO2/c10-4-6-3-5-1-2-7(6)9(12)8(5)11/h5-9,11-12H,1-3H2/t5-,6-,7+,8+,9-/m0/s1. The molecule has 0 aromatic heterocycles. The van der Waals surface area contributed by atoms with Crippen molar-refractivity contribution in [2.24, 2.45) is 17.8 Å². The molecule has 0 saturated heterocycles. The summed E-state index contributed by atoms with van der Waals surface area (Å²) < 4.78 is 0.